The summed E-state index contributed by atoms with van der Waals surface area (Å²) in [4.78, 5) is 28.7. The zero-order valence-corrected chi connectivity index (χ0v) is 18.5. The van der Waals surface area contributed by atoms with Crippen molar-refractivity contribution < 1.29 is 37.0 Å². The molecule has 0 saturated heterocycles. The highest BCUT2D eigenvalue weighted by molar-refractivity contribution is 6.32. The number of hydrogen-bond donors (Lipinski definition) is 2. The lowest BCUT2D eigenvalue weighted by atomic mass is 10.1. The van der Waals surface area contributed by atoms with Crippen molar-refractivity contribution in [3.63, 3.8) is 0 Å². The Labute approximate surface area is 196 Å². The average molecular weight is 496 g/mol. The first kappa shape index (κ1) is 24.6. The van der Waals surface area contributed by atoms with E-state index in [9.17, 15) is 22.8 Å². The summed E-state index contributed by atoms with van der Waals surface area (Å²) in [6.07, 6.45) is -3.38. The standard InChI is InChI=1S/C22H17ClF3N3O5/c1-32-15-4-3-5-16(33-2)19(15)20(30)29-21(31)28-13-7-9-18(27-11-13)34-17-10-12(22(24,25)26)6-8-14(17)23/h3-11H,1-2H3,(H2,28,29,30,31). The van der Waals surface area contributed by atoms with Gasteiger partial charge in [0.25, 0.3) is 5.91 Å². The van der Waals surface area contributed by atoms with Crippen LogP contribution in [-0.2, 0) is 6.18 Å². The van der Waals surface area contributed by atoms with E-state index in [2.05, 4.69) is 15.6 Å². The molecule has 0 spiro atoms. The molecule has 12 heteroatoms. The molecule has 0 bridgehead atoms. The number of alkyl halides is 3. The third-order valence-electron chi connectivity index (χ3n) is 4.35. The van der Waals surface area contributed by atoms with Gasteiger partial charge in [0, 0.05) is 6.07 Å². The number of pyridine rings is 1. The molecule has 0 aliphatic carbocycles. The largest absolute Gasteiger partial charge is 0.496 e. The van der Waals surface area contributed by atoms with Crippen molar-refractivity contribution in [2.45, 2.75) is 6.18 Å². The summed E-state index contributed by atoms with van der Waals surface area (Å²) in [5.74, 6) is -0.651. The zero-order chi connectivity index (χ0) is 24.9. The molecule has 1 heterocycles. The Kier molecular flexibility index (Phi) is 7.47. The van der Waals surface area contributed by atoms with Crippen LogP contribution in [0.4, 0.5) is 23.7 Å². The summed E-state index contributed by atoms with van der Waals surface area (Å²) >= 11 is 5.90. The number of hydrogen-bond acceptors (Lipinski definition) is 6. The lowest BCUT2D eigenvalue weighted by Gasteiger charge is -2.13. The first-order valence-corrected chi connectivity index (χ1v) is 9.84. The maximum absolute atomic E-state index is 12.9. The molecular formula is C22H17ClF3N3O5. The SMILES string of the molecule is COc1cccc(OC)c1C(=O)NC(=O)Nc1ccc(Oc2cc(C(F)(F)F)ccc2Cl)nc1. The summed E-state index contributed by atoms with van der Waals surface area (Å²) in [5.41, 5.74) is -0.722. The number of nitrogens with zero attached hydrogens (tertiary/aromatic N) is 1. The Bertz CT molecular complexity index is 1180. The molecule has 0 atom stereocenters. The second kappa shape index (κ2) is 10.3. The number of rotatable bonds is 6. The van der Waals surface area contributed by atoms with Crippen molar-refractivity contribution in [1.82, 2.24) is 10.3 Å². The van der Waals surface area contributed by atoms with Gasteiger partial charge in [-0.25, -0.2) is 9.78 Å². The van der Waals surface area contributed by atoms with Crippen molar-refractivity contribution in [2.75, 3.05) is 19.5 Å². The number of carbonyl (C=O) groups is 2. The molecule has 2 aromatic carbocycles. The molecule has 2 N–H and O–H groups in total. The highest BCUT2D eigenvalue weighted by Crippen LogP contribution is 2.36. The molecule has 0 aliphatic heterocycles. The number of imide groups is 1. The zero-order valence-electron chi connectivity index (χ0n) is 17.7. The van der Waals surface area contributed by atoms with Gasteiger partial charge in [-0.3, -0.25) is 10.1 Å². The molecule has 0 unspecified atom stereocenters. The van der Waals surface area contributed by atoms with E-state index < -0.39 is 23.7 Å². The van der Waals surface area contributed by atoms with Crippen molar-refractivity contribution >= 4 is 29.2 Å². The molecule has 0 radical (unpaired) electrons. The fourth-order valence-electron chi connectivity index (χ4n) is 2.79. The molecule has 0 aliphatic rings. The predicted molar refractivity (Wildman–Crippen MR) is 117 cm³/mol. The van der Waals surface area contributed by atoms with Gasteiger partial charge in [-0.15, -0.1) is 0 Å². The maximum Gasteiger partial charge on any atom is 0.416 e. The minimum atomic E-state index is -4.57. The second-order valence-electron chi connectivity index (χ2n) is 6.58. The molecule has 8 nitrogen and oxygen atoms in total. The summed E-state index contributed by atoms with van der Waals surface area (Å²) in [5, 5.41) is 4.51. The van der Waals surface area contributed by atoms with E-state index in [0.29, 0.717) is 0 Å². The molecule has 3 aromatic rings. The first-order chi connectivity index (χ1) is 16.1. The van der Waals surface area contributed by atoms with Crippen molar-refractivity contribution in [2.24, 2.45) is 0 Å². The van der Waals surface area contributed by atoms with Gasteiger partial charge in [0.1, 0.15) is 22.8 Å². The Balaban J connectivity index is 1.67. The Hall–Kier alpha value is -3.99. The van der Waals surface area contributed by atoms with Crippen LogP contribution in [0.5, 0.6) is 23.1 Å². The average Bonchev–Trinajstić information content (AvgIpc) is 2.80. The van der Waals surface area contributed by atoms with Gasteiger partial charge in [0.15, 0.2) is 0 Å². The molecule has 3 rings (SSSR count). The lowest BCUT2D eigenvalue weighted by molar-refractivity contribution is -0.137. The molecule has 178 valence electrons. The first-order valence-electron chi connectivity index (χ1n) is 9.46. The number of benzene rings is 2. The molecule has 1 aromatic heterocycles. The number of carbonyl (C=O) groups excluding carboxylic acids is 2. The van der Waals surface area contributed by atoms with Gasteiger partial charge < -0.3 is 19.5 Å². The van der Waals surface area contributed by atoms with Crippen molar-refractivity contribution in [1.29, 1.82) is 0 Å². The molecule has 3 amide bonds. The number of ether oxygens (including phenoxy) is 3. The van der Waals surface area contributed by atoms with E-state index in [4.69, 9.17) is 25.8 Å². The Morgan fingerprint density at radius 3 is 2.21 bits per heavy atom. The van der Waals surface area contributed by atoms with Crippen LogP contribution in [0.2, 0.25) is 5.02 Å². The third kappa shape index (κ3) is 5.87. The summed E-state index contributed by atoms with van der Waals surface area (Å²) in [6, 6.07) is 9.15. The van der Waals surface area contributed by atoms with Crippen molar-refractivity contribution in [3.8, 4) is 23.1 Å². The van der Waals surface area contributed by atoms with Gasteiger partial charge in [-0.2, -0.15) is 13.2 Å². The number of anilines is 1. The number of nitrogens with one attached hydrogen (secondary N) is 2. The van der Waals surface area contributed by atoms with Crippen LogP contribution in [0.3, 0.4) is 0 Å². The normalized spacial score (nSPS) is 10.9. The van der Waals surface area contributed by atoms with E-state index in [1.165, 1.54) is 44.7 Å². The van der Waals surface area contributed by atoms with Gasteiger partial charge in [0.05, 0.1) is 36.7 Å². The summed E-state index contributed by atoms with van der Waals surface area (Å²) in [7, 11) is 2.74. The van der Waals surface area contributed by atoms with E-state index in [0.717, 1.165) is 18.2 Å². The van der Waals surface area contributed by atoms with E-state index >= 15 is 0 Å². The quantitative estimate of drug-likeness (QED) is 0.467. The number of amides is 3. The Morgan fingerprint density at radius 1 is 0.971 bits per heavy atom. The second-order valence-corrected chi connectivity index (χ2v) is 6.98. The van der Waals surface area contributed by atoms with Crippen LogP contribution in [0, 0.1) is 0 Å². The van der Waals surface area contributed by atoms with E-state index in [-0.39, 0.29) is 39.4 Å². The van der Waals surface area contributed by atoms with E-state index in [1.807, 2.05) is 0 Å². The topological polar surface area (TPSA) is 98.8 Å². The number of halogens is 4. The van der Waals surface area contributed by atoms with Crippen molar-refractivity contribution in [3.05, 3.63) is 70.9 Å². The minimum absolute atomic E-state index is 0.0301. The summed E-state index contributed by atoms with van der Waals surface area (Å²) in [6.45, 7) is 0. The van der Waals surface area contributed by atoms with Gasteiger partial charge >= 0.3 is 12.2 Å². The number of urea groups is 1. The van der Waals surface area contributed by atoms with Gasteiger partial charge in [-0.05, 0) is 36.4 Å². The fraction of sp³-hybridized carbons (Fsp3) is 0.136. The number of methoxy groups -OCH3 is 2. The van der Waals surface area contributed by atoms with E-state index in [1.54, 1.807) is 6.07 Å². The third-order valence-corrected chi connectivity index (χ3v) is 4.66. The molecule has 0 saturated carbocycles. The maximum atomic E-state index is 12.9. The number of aromatic nitrogens is 1. The van der Waals surface area contributed by atoms with Crippen LogP contribution in [0.15, 0.2) is 54.7 Å². The van der Waals surface area contributed by atoms with Gasteiger partial charge in [-0.1, -0.05) is 17.7 Å². The predicted octanol–water partition coefficient (Wildman–Crippen LogP) is 5.53. The molecular weight excluding hydrogens is 479 g/mol. The monoisotopic (exact) mass is 495 g/mol. The van der Waals surface area contributed by atoms with Crippen LogP contribution in [0.25, 0.3) is 0 Å². The van der Waals surface area contributed by atoms with Crippen LogP contribution in [-0.4, -0.2) is 31.1 Å². The highest BCUT2D eigenvalue weighted by atomic mass is 35.5. The molecule has 0 fully saturated rings. The Morgan fingerprint density at radius 2 is 1.65 bits per heavy atom. The van der Waals surface area contributed by atoms with Crippen LogP contribution in [0.1, 0.15) is 15.9 Å². The molecule has 34 heavy (non-hydrogen) atoms. The van der Waals surface area contributed by atoms with Crippen LogP contribution < -0.4 is 24.8 Å². The van der Waals surface area contributed by atoms with Gasteiger partial charge in [0.2, 0.25) is 5.88 Å². The lowest BCUT2D eigenvalue weighted by Crippen LogP contribution is -2.34. The summed E-state index contributed by atoms with van der Waals surface area (Å²) < 4.78 is 54.3. The highest BCUT2D eigenvalue weighted by Gasteiger charge is 2.31. The smallest absolute Gasteiger partial charge is 0.416 e. The minimum Gasteiger partial charge on any atom is -0.496 e. The van der Waals surface area contributed by atoms with Crippen LogP contribution >= 0.6 is 11.6 Å². The fourth-order valence-corrected chi connectivity index (χ4v) is 2.94.